The highest BCUT2D eigenvalue weighted by molar-refractivity contribution is 7.95. The van der Waals surface area contributed by atoms with E-state index in [1.54, 1.807) is 5.57 Å². The summed E-state index contributed by atoms with van der Waals surface area (Å²) >= 11 is 1.26. The normalized spacial score (nSPS) is 21.2. The Morgan fingerprint density at radius 3 is 2.14 bits per heavy atom. The Kier molecular flexibility index (Phi) is 11.0. The highest BCUT2D eigenvalue weighted by Gasteiger charge is 2.57. The number of hydrogen-bond acceptors (Lipinski definition) is 4. The molecule has 5 heteroatoms. The van der Waals surface area contributed by atoms with Crippen LogP contribution in [0.5, 0.6) is 0 Å². The van der Waals surface area contributed by atoms with Crippen molar-refractivity contribution >= 4 is 29.2 Å². The molecule has 0 amide bonds. The predicted molar refractivity (Wildman–Crippen MR) is 182 cm³/mol. The molecule has 3 unspecified atom stereocenters. The number of benzene rings is 3. The van der Waals surface area contributed by atoms with Crippen molar-refractivity contribution in [2.45, 2.75) is 83.1 Å². The second kappa shape index (κ2) is 15.1. The molecule has 2 aliphatic carbocycles. The number of fused-ring (bicyclic) bond motifs is 1. The maximum absolute atomic E-state index is 10.8. The number of nitrogens with two attached hydrogens (primary N) is 1. The van der Waals surface area contributed by atoms with Crippen molar-refractivity contribution in [2.24, 2.45) is 16.5 Å². The van der Waals surface area contributed by atoms with Gasteiger partial charge in [0.25, 0.3) is 0 Å². The number of aliphatic carboxylic acids is 1. The minimum Gasteiger partial charge on any atom is -0.481 e. The summed E-state index contributed by atoms with van der Waals surface area (Å²) in [4.78, 5) is 10.8. The summed E-state index contributed by atoms with van der Waals surface area (Å²) in [6.45, 7) is 4.95. The largest absolute Gasteiger partial charge is 0.481 e. The topological polar surface area (TPSA) is 75.3 Å². The molecule has 0 bridgehead atoms. The van der Waals surface area contributed by atoms with E-state index < -0.39 is 5.97 Å². The van der Waals surface area contributed by atoms with Gasteiger partial charge in [-0.25, -0.2) is 4.72 Å². The van der Waals surface area contributed by atoms with Crippen LogP contribution in [0.4, 0.5) is 0 Å². The molecule has 3 atom stereocenters. The molecule has 0 saturated heterocycles. The molecule has 43 heavy (non-hydrogen) atoms. The standard InChI is InChI=1S/C38H46N2O2S/c1-28(32-22-15-16-23-33(32)29-17-10-7-11-18-29)38-26-25-35(40-43-39)34(38)27-31(37(38)30-19-12-8-13-20-30)21-9-5-3-2-4-6-14-24-36(41)42/h7-8,10-13,15-20,22-23,34-35,40H,1-6,9,14,21,24-27,39H2,(H,41,42). The summed E-state index contributed by atoms with van der Waals surface area (Å²) in [5.74, 6) is -0.283. The van der Waals surface area contributed by atoms with Crippen LogP contribution in [0.3, 0.4) is 0 Å². The molecular weight excluding hydrogens is 548 g/mol. The summed E-state index contributed by atoms with van der Waals surface area (Å²) in [5.41, 5.74) is 9.22. The Hall–Kier alpha value is -3.12. The Labute approximate surface area is 262 Å². The van der Waals surface area contributed by atoms with Crippen molar-refractivity contribution < 1.29 is 9.90 Å². The third kappa shape index (κ3) is 7.01. The molecule has 2 aliphatic rings. The molecule has 1 fully saturated rings. The minimum absolute atomic E-state index is 0.154. The van der Waals surface area contributed by atoms with Crippen LogP contribution < -0.4 is 9.86 Å². The lowest BCUT2D eigenvalue weighted by molar-refractivity contribution is -0.137. The second-order valence-corrected chi connectivity index (χ2v) is 12.7. The van der Waals surface area contributed by atoms with Crippen LogP contribution in [0.15, 0.2) is 97.1 Å². The first-order chi connectivity index (χ1) is 21.1. The first kappa shape index (κ1) is 31.3. The molecule has 226 valence electrons. The number of carbonyl (C=O) groups is 1. The zero-order valence-corrected chi connectivity index (χ0v) is 26.1. The van der Waals surface area contributed by atoms with Crippen molar-refractivity contribution in [1.29, 1.82) is 0 Å². The van der Waals surface area contributed by atoms with Gasteiger partial charge in [0.2, 0.25) is 0 Å². The number of unbranched alkanes of at least 4 members (excludes halogenated alkanes) is 6. The van der Waals surface area contributed by atoms with Gasteiger partial charge >= 0.3 is 5.97 Å². The van der Waals surface area contributed by atoms with Gasteiger partial charge < -0.3 is 5.11 Å². The van der Waals surface area contributed by atoms with E-state index in [4.69, 9.17) is 16.8 Å². The third-order valence-corrected chi connectivity index (χ3v) is 10.2. The number of hydrogen-bond donors (Lipinski definition) is 3. The van der Waals surface area contributed by atoms with Gasteiger partial charge in [-0.3, -0.25) is 9.93 Å². The molecule has 0 heterocycles. The van der Waals surface area contributed by atoms with Crippen LogP contribution in [0.25, 0.3) is 22.3 Å². The fourth-order valence-electron chi connectivity index (χ4n) is 7.83. The number of rotatable bonds is 16. The van der Waals surface area contributed by atoms with Crippen LogP contribution in [0.2, 0.25) is 0 Å². The quantitative estimate of drug-likeness (QED) is 0.114. The molecule has 0 aliphatic heterocycles. The van der Waals surface area contributed by atoms with Crippen LogP contribution in [-0.4, -0.2) is 17.1 Å². The molecule has 4 N–H and O–H groups in total. The Bertz CT molecular complexity index is 1400. The molecule has 0 radical (unpaired) electrons. The van der Waals surface area contributed by atoms with Crippen molar-refractivity contribution in [3.05, 3.63) is 108 Å². The minimum atomic E-state index is -0.685. The summed E-state index contributed by atoms with van der Waals surface area (Å²) in [5, 5.41) is 14.9. The van der Waals surface area contributed by atoms with Gasteiger partial charge in [0.1, 0.15) is 0 Å². The lowest BCUT2D eigenvalue weighted by atomic mass is 9.65. The van der Waals surface area contributed by atoms with Crippen LogP contribution >= 0.6 is 12.1 Å². The van der Waals surface area contributed by atoms with Crippen molar-refractivity contribution in [3.8, 4) is 11.1 Å². The fourth-order valence-corrected chi connectivity index (χ4v) is 8.28. The highest BCUT2D eigenvalue weighted by atomic mass is 32.2. The number of carboxylic acids is 1. The molecule has 5 rings (SSSR count). The first-order valence-electron chi connectivity index (χ1n) is 16.0. The van der Waals surface area contributed by atoms with Crippen molar-refractivity contribution in [3.63, 3.8) is 0 Å². The predicted octanol–water partition coefficient (Wildman–Crippen LogP) is 9.70. The van der Waals surface area contributed by atoms with E-state index in [-0.39, 0.29) is 5.41 Å². The van der Waals surface area contributed by atoms with Gasteiger partial charge in [-0.1, -0.05) is 129 Å². The molecule has 3 aromatic rings. The van der Waals surface area contributed by atoms with Gasteiger partial charge in [0.15, 0.2) is 0 Å². The van der Waals surface area contributed by atoms with Crippen LogP contribution in [-0.2, 0) is 4.79 Å². The lowest BCUT2D eigenvalue weighted by Gasteiger charge is -2.38. The Morgan fingerprint density at radius 2 is 1.47 bits per heavy atom. The molecule has 3 aromatic carbocycles. The van der Waals surface area contributed by atoms with Gasteiger partial charge in [-0.05, 0) is 77.8 Å². The fraction of sp³-hybridized carbons (Fsp3) is 0.395. The monoisotopic (exact) mass is 594 g/mol. The zero-order chi connectivity index (χ0) is 30.1. The van der Waals surface area contributed by atoms with E-state index in [1.807, 2.05) is 0 Å². The van der Waals surface area contributed by atoms with Gasteiger partial charge in [0, 0.05) is 30.0 Å². The maximum atomic E-state index is 10.8. The first-order valence-corrected chi connectivity index (χ1v) is 16.9. The smallest absolute Gasteiger partial charge is 0.303 e. The summed E-state index contributed by atoms with van der Waals surface area (Å²) in [6, 6.07) is 30.9. The zero-order valence-electron chi connectivity index (χ0n) is 25.3. The lowest BCUT2D eigenvalue weighted by Crippen LogP contribution is -2.35. The number of nitrogens with one attached hydrogen (secondary N) is 1. The van der Waals surface area contributed by atoms with Crippen molar-refractivity contribution in [1.82, 2.24) is 4.72 Å². The van der Waals surface area contributed by atoms with E-state index in [0.29, 0.717) is 18.4 Å². The van der Waals surface area contributed by atoms with Gasteiger partial charge in [0.05, 0.1) is 0 Å². The summed E-state index contributed by atoms with van der Waals surface area (Å²) < 4.78 is 3.58. The SMILES string of the molecule is C=C(c1ccccc1-c1ccccc1)C12CCC(NSN)C1CC(CCCCCCCCCC(=O)O)=C2c1ccccc1. The number of carboxylic acid groups (broad SMARTS) is 1. The summed E-state index contributed by atoms with van der Waals surface area (Å²) in [6.07, 6.45) is 12.3. The number of allylic oxidation sites excluding steroid dienone is 3. The molecule has 4 nitrogen and oxygen atoms in total. The average molecular weight is 595 g/mol. The van der Waals surface area contributed by atoms with Gasteiger partial charge in [-0.15, -0.1) is 0 Å². The van der Waals surface area contributed by atoms with E-state index in [1.165, 1.54) is 71.2 Å². The molecule has 0 aromatic heterocycles. The third-order valence-electron chi connectivity index (χ3n) is 9.76. The van der Waals surface area contributed by atoms with E-state index in [0.717, 1.165) is 44.9 Å². The van der Waals surface area contributed by atoms with Crippen LogP contribution in [0.1, 0.15) is 88.2 Å². The maximum Gasteiger partial charge on any atom is 0.303 e. The van der Waals surface area contributed by atoms with Crippen LogP contribution in [0, 0.1) is 11.3 Å². The highest BCUT2D eigenvalue weighted by Crippen LogP contribution is 2.66. The Balaban J connectivity index is 1.44. The Morgan fingerprint density at radius 1 is 0.860 bits per heavy atom. The summed E-state index contributed by atoms with van der Waals surface area (Å²) in [7, 11) is 0. The van der Waals surface area contributed by atoms with E-state index >= 15 is 0 Å². The van der Waals surface area contributed by atoms with Crippen molar-refractivity contribution in [2.75, 3.05) is 0 Å². The van der Waals surface area contributed by atoms with E-state index in [2.05, 4.69) is 89.7 Å². The molecule has 0 spiro atoms. The average Bonchev–Trinajstić information content (AvgIpc) is 3.55. The molecule has 1 saturated carbocycles. The second-order valence-electron chi connectivity index (χ2n) is 12.3. The van der Waals surface area contributed by atoms with E-state index in [9.17, 15) is 4.79 Å². The molecular formula is C38H46N2O2S. The van der Waals surface area contributed by atoms with Gasteiger partial charge in [-0.2, -0.15) is 0 Å².